The van der Waals surface area contributed by atoms with Gasteiger partial charge in [0.2, 0.25) is 0 Å². The smallest absolute Gasteiger partial charge is 0.333 e. The maximum absolute atomic E-state index is 12.0. The SMILES string of the molecule is CCOC(=O)C=COc1c(C(C)(C)C)cc(SC(C)(C)Sc2cc(C(C)(C)C)c(OCC)c(C(C)(C)C)c2)cc1C(C)(C)C. The Labute approximate surface area is 277 Å². The normalized spacial score (nSPS) is 13.4. The monoisotopic (exact) mass is 642 g/mol. The van der Waals surface area contributed by atoms with Gasteiger partial charge in [0.05, 0.1) is 29.6 Å². The first-order chi connectivity index (χ1) is 19.9. The zero-order chi connectivity index (χ0) is 33.9. The van der Waals surface area contributed by atoms with E-state index in [0.29, 0.717) is 13.2 Å². The summed E-state index contributed by atoms with van der Waals surface area (Å²) in [5.41, 5.74) is 4.23. The van der Waals surface area contributed by atoms with Gasteiger partial charge >= 0.3 is 5.97 Å². The number of carbonyl (C=O) groups excluding carboxylic acids is 1. The van der Waals surface area contributed by atoms with Gasteiger partial charge in [0, 0.05) is 32.0 Å². The minimum absolute atomic E-state index is 0.0564. The highest BCUT2D eigenvalue weighted by atomic mass is 32.2. The van der Waals surface area contributed by atoms with Crippen LogP contribution in [-0.4, -0.2) is 23.3 Å². The highest BCUT2D eigenvalue weighted by Gasteiger charge is 2.32. The first kappa shape index (κ1) is 38.1. The number of thioether (sulfide) groups is 2. The van der Waals surface area contributed by atoms with Gasteiger partial charge in [0.15, 0.2) is 0 Å². The van der Waals surface area contributed by atoms with Crippen molar-refractivity contribution in [2.75, 3.05) is 13.2 Å². The molecule has 0 saturated heterocycles. The Kier molecular flexibility index (Phi) is 12.3. The number of carbonyl (C=O) groups is 1. The van der Waals surface area contributed by atoms with Crippen LogP contribution < -0.4 is 9.47 Å². The number of benzene rings is 2. The number of ether oxygens (including phenoxy) is 3. The summed E-state index contributed by atoms with van der Waals surface area (Å²) in [7, 11) is 0. The van der Waals surface area contributed by atoms with Crippen LogP contribution >= 0.6 is 23.5 Å². The Morgan fingerprint density at radius 3 is 1.30 bits per heavy atom. The van der Waals surface area contributed by atoms with Crippen LogP contribution in [0.1, 0.15) is 133 Å². The topological polar surface area (TPSA) is 44.8 Å². The lowest BCUT2D eigenvalue weighted by Gasteiger charge is -2.33. The average Bonchev–Trinajstić information content (AvgIpc) is 2.82. The predicted octanol–water partition coefficient (Wildman–Crippen LogP) is 11.4. The number of hydrogen-bond donors (Lipinski definition) is 0. The summed E-state index contributed by atoms with van der Waals surface area (Å²) in [6, 6.07) is 9.19. The van der Waals surface area contributed by atoms with E-state index in [2.05, 4.69) is 128 Å². The van der Waals surface area contributed by atoms with E-state index in [9.17, 15) is 4.79 Å². The Morgan fingerprint density at radius 1 is 0.614 bits per heavy atom. The molecule has 2 aromatic carbocycles. The van der Waals surface area contributed by atoms with Crippen LogP contribution in [0, 0.1) is 0 Å². The Hall–Kier alpha value is -2.05. The molecule has 0 heterocycles. The molecule has 0 bridgehead atoms. The van der Waals surface area contributed by atoms with E-state index in [-0.39, 0.29) is 25.7 Å². The molecule has 2 aromatic rings. The average molecular weight is 643 g/mol. The molecule has 44 heavy (non-hydrogen) atoms. The largest absolute Gasteiger partial charge is 0.493 e. The van der Waals surface area contributed by atoms with Crippen molar-refractivity contribution in [1.82, 2.24) is 0 Å². The molecule has 0 spiro atoms. The molecule has 0 aliphatic heterocycles. The van der Waals surface area contributed by atoms with Gasteiger partial charge in [-0.05, 0) is 73.6 Å². The zero-order valence-corrected chi connectivity index (χ0v) is 32.0. The fourth-order valence-electron chi connectivity index (χ4n) is 4.91. The van der Waals surface area contributed by atoms with Crippen LogP contribution in [-0.2, 0) is 31.2 Å². The summed E-state index contributed by atoms with van der Waals surface area (Å²) in [6.07, 6.45) is 2.80. The second-order valence-corrected chi connectivity index (χ2v) is 19.6. The van der Waals surface area contributed by atoms with Gasteiger partial charge in [-0.15, -0.1) is 23.5 Å². The van der Waals surface area contributed by atoms with E-state index in [1.165, 1.54) is 33.3 Å². The van der Waals surface area contributed by atoms with Crippen molar-refractivity contribution in [2.45, 2.75) is 146 Å². The van der Waals surface area contributed by atoms with E-state index < -0.39 is 5.97 Å². The van der Waals surface area contributed by atoms with E-state index in [1.54, 1.807) is 6.92 Å². The lowest BCUT2D eigenvalue weighted by atomic mass is 9.79. The van der Waals surface area contributed by atoms with E-state index in [4.69, 9.17) is 14.2 Å². The second-order valence-electron chi connectivity index (χ2n) is 15.9. The van der Waals surface area contributed by atoms with Crippen molar-refractivity contribution in [3.63, 3.8) is 0 Å². The fraction of sp³-hybridized carbons (Fsp3) is 0.605. The van der Waals surface area contributed by atoms with Crippen molar-refractivity contribution in [2.24, 2.45) is 0 Å². The first-order valence-electron chi connectivity index (χ1n) is 15.8. The minimum atomic E-state index is -0.411. The molecule has 6 heteroatoms. The molecule has 0 aromatic heterocycles. The highest BCUT2D eigenvalue weighted by Crippen LogP contribution is 2.51. The lowest BCUT2D eigenvalue weighted by molar-refractivity contribution is -0.137. The van der Waals surface area contributed by atoms with E-state index in [0.717, 1.165) is 22.6 Å². The summed E-state index contributed by atoms with van der Waals surface area (Å²) in [5, 5.41) is 0. The third kappa shape index (κ3) is 10.5. The predicted molar refractivity (Wildman–Crippen MR) is 191 cm³/mol. The van der Waals surface area contributed by atoms with Gasteiger partial charge < -0.3 is 14.2 Å². The molecule has 0 radical (unpaired) electrons. The van der Waals surface area contributed by atoms with E-state index in [1.807, 2.05) is 23.5 Å². The molecule has 0 aliphatic carbocycles. The third-order valence-electron chi connectivity index (χ3n) is 7.05. The maximum atomic E-state index is 12.0. The molecular weight excluding hydrogens is 585 g/mol. The Bertz CT molecular complexity index is 1260. The van der Waals surface area contributed by atoms with Crippen LogP contribution in [0.25, 0.3) is 0 Å². The van der Waals surface area contributed by atoms with E-state index >= 15 is 0 Å². The minimum Gasteiger partial charge on any atom is -0.493 e. The standard InChI is InChI=1S/C38H58O4S2/c1-17-40-31(39)19-20-42-33-29(36(9,10)11)23-26(24-30(33)37(12,13)14)44-38(15,16)43-25-21-27(34(3,4)5)32(41-18-2)28(22-25)35(6,7)8/h19-24H,17-18H2,1-16H3. The fourth-order valence-corrected chi connectivity index (χ4v) is 7.50. The molecule has 0 fully saturated rings. The van der Waals surface area contributed by atoms with Gasteiger partial charge in [-0.1, -0.05) is 83.1 Å². The summed E-state index contributed by atoms with van der Waals surface area (Å²) < 4.78 is 17.4. The van der Waals surface area contributed by atoms with Crippen LogP contribution in [0.15, 0.2) is 46.4 Å². The summed E-state index contributed by atoms with van der Waals surface area (Å²) >= 11 is 3.76. The molecule has 246 valence electrons. The van der Waals surface area contributed by atoms with Crippen LogP contribution in [0.4, 0.5) is 0 Å². The van der Waals surface area contributed by atoms with Crippen LogP contribution in [0.2, 0.25) is 0 Å². The number of rotatable bonds is 10. The summed E-state index contributed by atoms with van der Waals surface area (Å²) in [4.78, 5) is 14.4. The molecule has 0 unspecified atom stereocenters. The van der Waals surface area contributed by atoms with Crippen LogP contribution in [0.5, 0.6) is 11.5 Å². The molecule has 0 atom stereocenters. The molecular formula is C38H58O4S2. The molecule has 0 saturated carbocycles. The molecule has 4 nitrogen and oxygen atoms in total. The van der Waals surface area contributed by atoms with Crippen molar-refractivity contribution in [3.05, 3.63) is 58.9 Å². The quantitative estimate of drug-likeness (QED) is 0.0845. The zero-order valence-electron chi connectivity index (χ0n) is 30.3. The molecule has 0 N–H and O–H groups in total. The Balaban J connectivity index is 2.64. The number of hydrogen-bond acceptors (Lipinski definition) is 6. The number of esters is 1. The van der Waals surface area contributed by atoms with Gasteiger partial charge in [0.25, 0.3) is 0 Å². The van der Waals surface area contributed by atoms with Crippen molar-refractivity contribution >= 4 is 29.5 Å². The van der Waals surface area contributed by atoms with Crippen molar-refractivity contribution < 1.29 is 19.0 Å². The van der Waals surface area contributed by atoms with Gasteiger partial charge in [0.1, 0.15) is 11.5 Å². The Morgan fingerprint density at radius 2 is 0.977 bits per heavy atom. The summed E-state index contributed by atoms with van der Waals surface area (Å²) in [5.74, 6) is 1.42. The van der Waals surface area contributed by atoms with Crippen molar-refractivity contribution in [1.29, 1.82) is 0 Å². The second kappa shape index (κ2) is 14.2. The van der Waals surface area contributed by atoms with Gasteiger partial charge in [-0.2, -0.15) is 0 Å². The highest BCUT2D eigenvalue weighted by molar-refractivity contribution is 8.18. The van der Waals surface area contributed by atoms with Crippen LogP contribution in [0.3, 0.4) is 0 Å². The maximum Gasteiger partial charge on any atom is 0.333 e. The van der Waals surface area contributed by atoms with Crippen molar-refractivity contribution in [3.8, 4) is 11.5 Å². The molecule has 0 aliphatic rings. The molecule has 2 rings (SSSR count). The van der Waals surface area contributed by atoms with Gasteiger partial charge in [-0.3, -0.25) is 0 Å². The van der Waals surface area contributed by atoms with Gasteiger partial charge in [-0.25, -0.2) is 4.79 Å². The lowest BCUT2D eigenvalue weighted by Crippen LogP contribution is -2.21. The molecule has 0 amide bonds. The first-order valence-corrected chi connectivity index (χ1v) is 17.4. The summed E-state index contributed by atoms with van der Waals surface area (Å²) in [6.45, 7) is 36.2. The third-order valence-corrected chi connectivity index (χ3v) is 9.48.